The minimum absolute atomic E-state index is 0. The monoisotopic (exact) mass is 400 g/mol. The maximum atomic E-state index is 10.8. The molecule has 1 nitrogen and oxygen atoms in total. The van der Waals surface area contributed by atoms with Gasteiger partial charge in [0.25, 0.3) is 0 Å². The molecule has 0 heterocycles. The van der Waals surface area contributed by atoms with Crippen molar-refractivity contribution in [3.63, 3.8) is 0 Å². The fraction of sp³-hybridized carbons (Fsp3) is 0. The van der Waals surface area contributed by atoms with Gasteiger partial charge in [0.15, 0.2) is 0 Å². The van der Waals surface area contributed by atoms with E-state index in [1.807, 2.05) is 0 Å². The van der Waals surface area contributed by atoms with E-state index in [4.69, 9.17) is 34.8 Å². The molecule has 0 aromatic heterocycles. The van der Waals surface area contributed by atoms with Crippen LogP contribution in [0.4, 0.5) is 0 Å². The first kappa shape index (κ1) is 11.8. The average Bonchev–Trinajstić information content (AvgIpc) is 1.82. The van der Waals surface area contributed by atoms with E-state index in [2.05, 4.69) is 0 Å². The van der Waals surface area contributed by atoms with Crippen LogP contribution < -0.4 is 5.11 Å². The molecule has 0 bridgehead atoms. The zero-order chi connectivity index (χ0) is 7.72. The normalized spacial score (nSPS) is 9.00. The summed E-state index contributed by atoms with van der Waals surface area (Å²) in [6.45, 7) is 0. The number of hydrogen-bond acceptors (Lipinski definition) is 1. The number of rotatable bonds is 0. The first-order valence-electron chi connectivity index (χ1n) is 2.43. The van der Waals surface area contributed by atoms with Crippen molar-refractivity contribution in [2.24, 2.45) is 0 Å². The molecule has 11 heavy (non-hydrogen) atoms. The van der Waals surface area contributed by atoms with Crippen LogP contribution in [0.3, 0.4) is 0 Å². The standard InChI is InChI=1S/C6H3Cl3O.Tl/c7-3-1-4(8)6(10)5(9)2-3;/h1-2,10H;/q;+1/p-1. The molecule has 0 unspecified atom stereocenters. The largest absolute Gasteiger partial charge is 1.00 e. The molecule has 0 aliphatic rings. The minimum atomic E-state index is -0.382. The average molecular weight is 401 g/mol. The molecule has 0 spiro atoms. The Labute approximate surface area is 99.4 Å². The van der Waals surface area contributed by atoms with Crippen LogP contribution in [0, 0.1) is 0 Å². The Hall–Kier alpha value is 0.812. The number of hydrogen-bond donors (Lipinski definition) is 0. The summed E-state index contributed by atoms with van der Waals surface area (Å²) in [5.41, 5.74) is 0. The Kier molecular flexibility index (Phi) is 5.09. The second-order valence-corrected chi connectivity index (χ2v) is 2.95. The van der Waals surface area contributed by atoms with E-state index in [-0.39, 0.29) is 43.1 Å². The summed E-state index contributed by atoms with van der Waals surface area (Å²) in [4.78, 5) is 0. The Morgan fingerprint density at radius 3 is 1.73 bits per heavy atom. The Balaban J connectivity index is 0.000001000. The molecule has 1 aromatic carbocycles. The maximum absolute atomic E-state index is 10.8. The van der Waals surface area contributed by atoms with E-state index in [0.29, 0.717) is 5.02 Å². The smallest absolute Gasteiger partial charge is 0.870 e. The Bertz CT molecular complexity index is 241. The van der Waals surface area contributed by atoms with Gasteiger partial charge in [0, 0.05) is 15.1 Å². The van der Waals surface area contributed by atoms with Gasteiger partial charge in [-0.3, -0.25) is 0 Å². The van der Waals surface area contributed by atoms with E-state index in [1.165, 1.54) is 12.1 Å². The summed E-state index contributed by atoms with van der Waals surface area (Å²) in [5.74, 6) is -0.382. The van der Waals surface area contributed by atoms with E-state index in [1.54, 1.807) is 0 Å². The van der Waals surface area contributed by atoms with Crippen molar-refractivity contribution in [2.45, 2.75) is 0 Å². The third-order valence-corrected chi connectivity index (χ3v) is 1.74. The summed E-state index contributed by atoms with van der Waals surface area (Å²) >= 11 is 16.4. The zero-order valence-electron chi connectivity index (χ0n) is 5.27. The van der Waals surface area contributed by atoms with E-state index >= 15 is 0 Å². The van der Waals surface area contributed by atoms with E-state index < -0.39 is 0 Å². The molecule has 0 radical (unpaired) electrons. The summed E-state index contributed by atoms with van der Waals surface area (Å²) in [6, 6.07) is 2.72. The molecular formula is C6H2Cl3OTl. The predicted molar refractivity (Wildman–Crippen MR) is 46.7 cm³/mol. The quantitative estimate of drug-likeness (QED) is 0.613. The van der Waals surface area contributed by atoms with Crippen LogP contribution in [-0.2, 0) is 0 Å². The van der Waals surface area contributed by atoms with E-state index in [0.717, 1.165) is 0 Å². The van der Waals surface area contributed by atoms with Gasteiger partial charge in [-0.2, -0.15) is 0 Å². The molecule has 0 amide bonds. The van der Waals surface area contributed by atoms with E-state index in [9.17, 15) is 5.11 Å². The van der Waals surface area contributed by atoms with Crippen molar-refractivity contribution in [3.8, 4) is 5.75 Å². The molecule has 0 aliphatic carbocycles. The van der Waals surface area contributed by atoms with Crippen LogP contribution in [0.5, 0.6) is 5.75 Å². The van der Waals surface area contributed by atoms with Gasteiger partial charge in [0.05, 0.1) is 0 Å². The molecule has 5 heteroatoms. The van der Waals surface area contributed by atoms with Crippen molar-refractivity contribution in [1.29, 1.82) is 0 Å². The molecule has 0 saturated carbocycles. The van der Waals surface area contributed by atoms with Gasteiger partial charge in [0.2, 0.25) is 0 Å². The summed E-state index contributed by atoms with van der Waals surface area (Å²) in [6.07, 6.45) is 0. The van der Waals surface area contributed by atoms with Crippen molar-refractivity contribution in [1.82, 2.24) is 0 Å². The van der Waals surface area contributed by atoms with Crippen molar-refractivity contribution in [2.75, 3.05) is 0 Å². The molecule has 0 fully saturated rings. The summed E-state index contributed by atoms with van der Waals surface area (Å²) in [7, 11) is 0. The Morgan fingerprint density at radius 2 is 1.36 bits per heavy atom. The van der Waals surface area contributed by atoms with Gasteiger partial charge >= 0.3 is 27.3 Å². The molecular weight excluding hydrogens is 399 g/mol. The topological polar surface area (TPSA) is 23.1 Å². The molecule has 0 saturated heterocycles. The van der Waals surface area contributed by atoms with Gasteiger partial charge in [-0.15, -0.1) is 0 Å². The van der Waals surface area contributed by atoms with Crippen LogP contribution in [0.15, 0.2) is 12.1 Å². The molecule has 0 N–H and O–H groups in total. The minimum Gasteiger partial charge on any atom is -0.870 e. The van der Waals surface area contributed by atoms with Crippen LogP contribution >= 0.6 is 34.8 Å². The second kappa shape index (κ2) is 4.74. The van der Waals surface area contributed by atoms with Gasteiger partial charge in [-0.1, -0.05) is 40.6 Å². The first-order valence-corrected chi connectivity index (χ1v) is 3.56. The first-order chi connectivity index (χ1) is 4.61. The molecule has 1 rings (SSSR count). The third-order valence-electron chi connectivity index (χ3n) is 0.963. The van der Waals surface area contributed by atoms with Crippen molar-refractivity contribution in [3.05, 3.63) is 27.2 Å². The van der Waals surface area contributed by atoms with Gasteiger partial charge in [-0.05, 0) is 12.1 Å². The molecule has 1 aromatic rings. The Morgan fingerprint density at radius 1 is 1.00 bits per heavy atom. The van der Waals surface area contributed by atoms with Crippen molar-refractivity contribution >= 4 is 62.1 Å². The van der Waals surface area contributed by atoms with Crippen molar-refractivity contribution < 1.29 is 5.11 Å². The number of halogens is 3. The fourth-order valence-corrected chi connectivity index (χ4v) is 1.35. The third kappa shape index (κ3) is 2.97. The van der Waals surface area contributed by atoms with Crippen LogP contribution in [0.2, 0.25) is 15.1 Å². The molecule has 56 valence electrons. The molecule has 0 atom stereocenters. The van der Waals surface area contributed by atoms with Crippen LogP contribution in [-0.4, -0.2) is 27.3 Å². The fourth-order valence-electron chi connectivity index (χ4n) is 0.529. The maximum Gasteiger partial charge on any atom is 1.00 e. The van der Waals surface area contributed by atoms with Gasteiger partial charge in [0.1, 0.15) is 0 Å². The summed E-state index contributed by atoms with van der Waals surface area (Å²) in [5, 5.41) is 11.3. The second-order valence-electron chi connectivity index (χ2n) is 1.70. The van der Waals surface area contributed by atoms with Gasteiger partial charge in [-0.25, -0.2) is 0 Å². The number of benzene rings is 1. The van der Waals surface area contributed by atoms with Crippen LogP contribution in [0.25, 0.3) is 0 Å². The molecule has 0 aliphatic heterocycles. The predicted octanol–water partition coefficient (Wildman–Crippen LogP) is 2.34. The van der Waals surface area contributed by atoms with Crippen LogP contribution in [0.1, 0.15) is 0 Å². The summed E-state index contributed by atoms with van der Waals surface area (Å²) < 4.78 is 0. The SMILES string of the molecule is [O-]c1c(Cl)cc(Cl)cc1Cl.[Tl+]. The zero-order valence-corrected chi connectivity index (χ0v) is 12.0. The van der Waals surface area contributed by atoms with Gasteiger partial charge < -0.3 is 5.11 Å².